The topological polar surface area (TPSA) is 81.3 Å². The number of fused-ring (bicyclic) bond motifs is 3. The molecule has 4 rings (SSSR count). The summed E-state index contributed by atoms with van der Waals surface area (Å²) in [6, 6.07) is 8.71. The van der Waals surface area contributed by atoms with E-state index >= 15 is 0 Å². The first-order chi connectivity index (χ1) is 13.1. The van der Waals surface area contributed by atoms with Gasteiger partial charge < -0.3 is 5.32 Å². The Morgan fingerprint density at radius 3 is 2.89 bits per heavy atom. The Morgan fingerprint density at radius 1 is 1.30 bits per heavy atom. The van der Waals surface area contributed by atoms with E-state index in [0.29, 0.717) is 24.3 Å². The molecule has 1 amide bonds. The Hall–Kier alpha value is -3.00. The quantitative estimate of drug-likeness (QED) is 0.576. The number of rotatable bonds is 5. The van der Waals surface area contributed by atoms with E-state index < -0.39 is 6.04 Å². The van der Waals surface area contributed by atoms with Crippen molar-refractivity contribution in [2.45, 2.75) is 32.9 Å². The fourth-order valence-electron chi connectivity index (χ4n) is 3.27. The molecule has 0 saturated carbocycles. The highest BCUT2D eigenvalue weighted by molar-refractivity contribution is 7.17. The molecule has 0 aromatic carbocycles. The molecule has 27 heavy (non-hydrogen) atoms. The molecular weight excluding hydrogens is 362 g/mol. The fourth-order valence-corrected chi connectivity index (χ4v) is 4.08. The van der Waals surface area contributed by atoms with Crippen LogP contribution in [0, 0.1) is 6.92 Å². The zero-order valence-electron chi connectivity index (χ0n) is 15.0. The SMILES string of the molecule is CC[C@@H](C(=O)NCc1ccccn1)n1nc(C)n2c(cc3sccc32)c1=O. The number of hydrogen-bond donors (Lipinski definition) is 1. The molecule has 0 fully saturated rings. The van der Waals surface area contributed by atoms with Crippen molar-refractivity contribution in [1.82, 2.24) is 24.5 Å². The number of carbonyl (C=O) groups excluding carboxylic acids is 1. The number of carbonyl (C=O) groups is 1. The second-order valence-corrected chi connectivity index (χ2v) is 7.24. The van der Waals surface area contributed by atoms with E-state index in [1.165, 1.54) is 4.68 Å². The van der Waals surface area contributed by atoms with Gasteiger partial charge in [-0.2, -0.15) is 5.10 Å². The summed E-state index contributed by atoms with van der Waals surface area (Å²) < 4.78 is 4.19. The molecule has 0 aliphatic carbocycles. The summed E-state index contributed by atoms with van der Waals surface area (Å²) in [6.45, 7) is 4.03. The van der Waals surface area contributed by atoms with Crippen LogP contribution in [0.5, 0.6) is 0 Å². The van der Waals surface area contributed by atoms with Crippen molar-refractivity contribution in [2.24, 2.45) is 0 Å². The van der Waals surface area contributed by atoms with Gasteiger partial charge >= 0.3 is 0 Å². The zero-order valence-corrected chi connectivity index (χ0v) is 15.9. The van der Waals surface area contributed by atoms with Crippen LogP contribution in [0.3, 0.4) is 0 Å². The van der Waals surface area contributed by atoms with Gasteiger partial charge in [-0.1, -0.05) is 13.0 Å². The molecule has 0 saturated heterocycles. The van der Waals surface area contributed by atoms with E-state index in [4.69, 9.17) is 0 Å². The van der Waals surface area contributed by atoms with Crippen molar-refractivity contribution in [3.8, 4) is 0 Å². The van der Waals surface area contributed by atoms with Crippen LogP contribution in [0.4, 0.5) is 0 Å². The Kier molecular flexibility index (Phi) is 4.49. The van der Waals surface area contributed by atoms with Gasteiger partial charge in [-0.05, 0) is 43.0 Å². The Morgan fingerprint density at radius 2 is 2.15 bits per heavy atom. The monoisotopic (exact) mass is 381 g/mol. The van der Waals surface area contributed by atoms with Gasteiger partial charge in [0.25, 0.3) is 5.56 Å². The summed E-state index contributed by atoms with van der Waals surface area (Å²) >= 11 is 1.58. The maximum Gasteiger partial charge on any atom is 0.291 e. The minimum Gasteiger partial charge on any atom is -0.349 e. The average molecular weight is 381 g/mol. The molecule has 4 heterocycles. The van der Waals surface area contributed by atoms with Crippen LogP contribution in [-0.4, -0.2) is 25.1 Å². The number of aryl methyl sites for hydroxylation is 1. The van der Waals surface area contributed by atoms with Crippen LogP contribution in [0.2, 0.25) is 0 Å². The fraction of sp³-hybridized carbons (Fsp3) is 0.263. The molecule has 0 unspecified atom stereocenters. The van der Waals surface area contributed by atoms with Crippen molar-refractivity contribution >= 4 is 33.0 Å². The molecule has 0 radical (unpaired) electrons. The van der Waals surface area contributed by atoms with Crippen molar-refractivity contribution in [2.75, 3.05) is 0 Å². The standard InChI is InChI=1S/C19H19N5O2S/c1-3-14(18(25)21-11-13-6-4-5-8-20-13)24-19(26)16-10-17-15(7-9-27-17)23(16)12(2)22-24/h4-10,14H,3,11H2,1-2H3,(H,21,25)/t14-/m0/s1. The lowest BCUT2D eigenvalue weighted by Gasteiger charge is -2.18. The normalized spacial score (nSPS) is 12.5. The average Bonchev–Trinajstić information content (AvgIpc) is 3.26. The largest absolute Gasteiger partial charge is 0.349 e. The van der Waals surface area contributed by atoms with Crippen molar-refractivity contribution in [3.05, 3.63) is 63.8 Å². The van der Waals surface area contributed by atoms with E-state index in [9.17, 15) is 9.59 Å². The minimum atomic E-state index is -0.669. The molecule has 8 heteroatoms. The van der Waals surface area contributed by atoms with Crippen LogP contribution in [-0.2, 0) is 11.3 Å². The number of nitrogens with zero attached hydrogens (tertiary/aromatic N) is 4. The lowest BCUT2D eigenvalue weighted by molar-refractivity contribution is -0.125. The van der Waals surface area contributed by atoms with Crippen molar-refractivity contribution in [3.63, 3.8) is 0 Å². The van der Waals surface area contributed by atoms with Gasteiger partial charge in [0.15, 0.2) is 0 Å². The van der Waals surface area contributed by atoms with Gasteiger partial charge in [0.05, 0.1) is 22.5 Å². The number of thiophene rings is 1. The maximum atomic E-state index is 13.0. The van der Waals surface area contributed by atoms with Crippen molar-refractivity contribution < 1.29 is 4.79 Å². The Balaban J connectivity index is 1.69. The molecule has 1 atom stereocenters. The molecule has 138 valence electrons. The van der Waals surface area contributed by atoms with E-state index in [1.807, 2.05) is 54.0 Å². The molecule has 0 aliphatic heterocycles. The molecular formula is C19H19N5O2S. The van der Waals surface area contributed by atoms with Crippen LogP contribution in [0.15, 0.2) is 46.7 Å². The van der Waals surface area contributed by atoms with Crippen LogP contribution in [0.25, 0.3) is 15.7 Å². The molecule has 7 nitrogen and oxygen atoms in total. The van der Waals surface area contributed by atoms with E-state index in [2.05, 4.69) is 15.4 Å². The third-order valence-corrected chi connectivity index (χ3v) is 5.43. The molecule has 4 aromatic heterocycles. The Labute approximate surface area is 159 Å². The first-order valence-electron chi connectivity index (χ1n) is 8.76. The predicted molar refractivity (Wildman–Crippen MR) is 105 cm³/mol. The second-order valence-electron chi connectivity index (χ2n) is 6.29. The predicted octanol–water partition coefficient (Wildman–Crippen LogP) is 2.68. The molecule has 0 bridgehead atoms. The number of hydrogen-bond acceptors (Lipinski definition) is 5. The summed E-state index contributed by atoms with van der Waals surface area (Å²) in [5.41, 5.74) is 2.01. The van der Waals surface area contributed by atoms with E-state index in [-0.39, 0.29) is 11.5 Å². The molecule has 0 aliphatic rings. The van der Waals surface area contributed by atoms with Gasteiger partial charge in [0.2, 0.25) is 5.91 Å². The highest BCUT2D eigenvalue weighted by Crippen LogP contribution is 2.24. The smallest absolute Gasteiger partial charge is 0.291 e. The van der Waals surface area contributed by atoms with E-state index in [0.717, 1.165) is 15.9 Å². The third-order valence-electron chi connectivity index (χ3n) is 4.58. The van der Waals surface area contributed by atoms with Crippen LogP contribution < -0.4 is 10.9 Å². The molecule has 4 aromatic rings. The van der Waals surface area contributed by atoms with E-state index in [1.54, 1.807) is 17.5 Å². The Bertz CT molecular complexity index is 1180. The molecule has 1 N–H and O–H groups in total. The number of nitrogens with one attached hydrogen (secondary N) is 1. The third kappa shape index (κ3) is 3.02. The summed E-state index contributed by atoms with van der Waals surface area (Å²) in [5.74, 6) is 0.434. The lowest BCUT2D eigenvalue weighted by Crippen LogP contribution is -2.39. The van der Waals surface area contributed by atoms with Crippen molar-refractivity contribution in [1.29, 1.82) is 0 Å². The highest BCUT2D eigenvalue weighted by Gasteiger charge is 2.23. The summed E-state index contributed by atoms with van der Waals surface area (Å²) in [4.78, 5) is 29.9. The summed E-state index contributed by atoms with van der Waals surface area (Å²) in [5, 5.41) is 9.29. The summed E-state index contributed by atoms with van der Waals surface area (Å²) in [7, 11) is 0. The van der Waals surface area contributed by atoms with Crippen LogP contribution >= 0.6 is 11.3 Å². The second kappa shape index (κ2) is 6.96. The first kappa shape index (κ1) is 17.4. The maximum absolute atomic E-state index is 13.0. The van der Waals surface area contributed by atoms with Crippen LogP contribution in [0.1, 0.15) is 30.9 Å². The minimum absolute atomic E-state index is 0.241. The van der Waals surface area contributed by atoms with Gasteiger partial charge in [-0.15, -0.1) is 11.3 Å². The van der Waals surface area contributed by atoms with Gasteiger partial charge in [-0.3, -0.25) is 19.0 Å². The number of aromatic nitrogens is 4. The lowest BCUT2D eigenvalue weighted by atomic mass is 10.2. The van der Waals surface area contributed by atoms with Gasteiger partial charge in [0, 0.05) is 6.20 Å². The molecule has 0 spiro atoms. The highest BCUT2D eigenvalue weighted by atomic mass is 32.1. The van der Waals surface area contributed by atoms with Gasteiger partial charge in [0.1, 0.15) is 17.4 Å². The number of pyridine rings is 1. The number of amides is 1. The summed E-state index contributed by atoms with van der Waals surface area (Å²) in [6.07, 6.45) is 2.14. The van der Waals surface area contributed by atoms with Gasteiger partial charge in [-0.25, -0.2) is 4.68 Å². The zero-order chi connectivity index (χ0) is 19.0. The first-order valence-corrected chi connectivity index (χ1v) is 9.63.